The topological polar surface area (TPSA) is 35.5 Å². The predicted octanol–water partition coefficient (Wildman–Crippen LogP) is 6.11. The SMILES string of the molecule is C=C(C)C(=C)OCCCCCCCCCCCCOC(=O)C(=C)C. The van der Waals surface area contributed by atoms with Crippen LogP contribution in [0.3, 0.4) is 0 Å². The maximum atomic E-state index is 11.2. The summed E-state index contributed by atoms with van der Waals surface area (Å²) < 4.78 is 10.6. The molecule has 0 fully saturated rings. The third-order valence-corrected chi connectivity index (χ3v) is 3.87. The number of ether oxygens (including phenoxy) is 2. The van der Waals surface area contributed by atoms with Crippen LogP contribution in [0.25, 0.3) is 0 Å². The van der Waals surface area contributed by atoms with Gasteiger partial charge in [0, 0.05) is 5.57 Å². The van der Waals surface area contributed by atoms with Crippen molar-refractivity contribution in [1.29, 1.82) is 0 Å². The van der Waals surface area contributed by atoms with Gasteiger partial charge in [-0.3, -0.25) is 0 Å². The Labute approximate surface area is 148 Å². The summed E-state index contributed by atoms with van der Waals surface area (Å²) in [6.45, 7) is 16.0. The van der Waals surface area contributed by atoms with Crippen LogP contribution in [-0.2, 0) is 14.3 Å². The molecule has 24 heavy (non-hydrogen) atoms. The first-order chi connectivity index (χ1) is 11.4. The second kappa shape index (κ2) is 15.0. The first-order valence-electron chi connectivity index (χ1n) is 9.25. The van der Waals surface area contributed by atoms with Crippen molar-refractivity contribution < 1.29 is 14.3 Å². The normalized spacial score (nSPS) is 10.2. The molecule has 138 valence electrons. The Morgan fingerprint density at radius 1 is 0.625 bits per heavy atom. The molecule has 0 saturated heterocycles. The van der Waals surface area contributed by atoms with E-state index in [-0.39, 0.29) is 5.97 Å². The van der Waals surface area contributed by atoms with Gasteiger partial charge in [-0.2, -0.15) is 0 Å². The molecule has 0 atom stereocenters. The summed E-state index contributed by atoms with van der Waals surface area (Å²) in [4.78, 5) is 11.2. The average Bonchev–Trinajstić information content (AvgIpc) is 2.54. The number of carbonyl (C=O) groups is 1. The lowest BCUT2D eigenvalue weighted by Gasteiger charge is -2.08. The number of carbonyl (C=O) groups excluding carboxylic acids is 1. The van der Waals surface area contributed by atoms with Gasteiger partial charge in [-0.15, -0.1) is 0 Å². The molecule has 0 aromatic rings. The van der Waals surface area contributed by atoms with E-state index >= 15 is 0 Å². The molecule has 3 heteroatoms. The van der Waals surface area contributed by atoms with E-state index in [0.717, 1.165) is 31.4 Å². The van der Waals surface area contributed by atoms with Gasteiger partial charge in [0.05, 0.1) is 13.2 Å². The van der Waals surface area contributed by atoms with Gasteiger partial charge >= 0.3 is 5.97 Å². The molecule has 3 nitrogen and oxygen atoms in total. The average molecular weight is 337 g/mol. The lowest BCUT2D eigenvalue weighted by molar-refractivity contribution is -0.139. The molecule has 0 aliphatic carbocycles. The summed E-state index contributed by atoms with van der Waals surface area (Å²) in [6.07, 6.45) is 12.1. The van der Waals surface area contributed by atoms with Crippen molar-refractivity contribution in [3.8, 4) is 0 Å². The highest BCUT2D eigenvalue weighted by Gasteiger charge is 2.01. The Balaban J connectivity index is 3.18. The highest BCUT2D eigenvalue weighted by atomic mass is 16.5. The molecule has 0 N–H and O–H groups in total. The van der Waals surface area contributed by atoms with Crippen LogP contribution in [0.1, 0.15) is 78.1 Å². The summed E-state index contributed by atoms with van der Waals surface area (Å²) in [6, 6.07) is 0. The Hall–Kier alpha value is -1.51. The molecule has 0 radical (unpaired) electrons. The molecule has 0 saturated carbocycles. The number of allylic oxidation sites excluding steroid dienone is 1. The minimum Gasteiger partial charge on any atom is -0.494 e. The summed E-state index contributed by atoms with van der Waals surface area (Å²) in [7, 11) is 0. The predicted molar refractivity (Wildman–Crippen MR) is 102 cm³/mol. The fraction of sp³-hybridized carbons (Fsp3) is 0.667. The van der Waals surface area contributed by atoms with Gasteiger partial charge in [0.15, 0.2) is 0 Å². The van der Waals surface area contributed by atoms with Crippen LogP contribution in [0.15, 0.2) is 36.6 Å². The van der Waals surface area contributed by atoms with Crippen molar-refractivity contribution in [2.24, 2.45) is 0 Å². The molecule has 0 aromatic carbocycles. The lowest BCUT2D eigenvalue weighted by Crippen LogP contribution is -2.05. The molecular weight excluding hydrogens is 300 g/mol. The Bertz CT molecular complexity index is 358. The van der Waals surface area contributed by atoms with E-state index in [4.69, 9.17) is 9.47 Å². The van der Waals surface area contributed by atoms with Crippen LogP contribution in [0, 0.1) is 0 Å². The van der Waals surface area contributed by atoms with Crippen molar-refractivity contribution in [2.75, 3.05) is 13.2 Å². The van der Waals surface area contributed by atoms with E-state index in [9.17, 15) is 4.79 Å². The first kappa shape index (κ1) is 22.5. The largest absolute Gasteiger partial charge is 0.494 e. The quantitative estimate of drug-likeness (QED) is 0.112. The monoisotopic (exact) mass is 336 g/mol. The third-order valence-electron chi connectivity index (χ3n) is 3.87. The molecule has 0 aliphatic rings. The van der Waals surface area contributed by atoms with Gasteiger partial charge in [-0.05, 0) is 32.3 Å². The second-order valence-corrected chi connectivity index (χ2v) is 6.50. The molecule has 0 amide bonds. The molecule has 0 heterocycles. The molecule has 0 aliphatic heterocycles. The van der Waals surface area contributed by atoms with Crippen LogP contribution in [-0.4, -0.2) is 19.2 Å². The number of esters is 1. The maximum absolute atomic E-state index is 11.2. The summed E-state index contributed by atoms with van der Waals surface area (Å²) >= 11 is 0. The zero-order valence-corrected chi connectivity index (χ0v) is 15.8. The number of rotatable bonds is 16. The molecule has 0 spiro atoms. The van der Waals surface area contributed by atoms with Crippen LogP contribution in [0.4, 0.5) is 0 Å². The first-order valence-corrected chi connectivity index (χ1v) is 9.25. The standard InChI is InChI=1S/C21H36O3/c1-18(2)20(5)23-16-14-12-10-8-6-7-9-11-13-15-17-24-21(22)19(3)4/h1,3,5-17H2,2,4H3. The van der Waals surface area contributed by atoms with Crippen LogP contribution < -0.4 is 0 Å². The summed E-state index contributed by atoms with van der Waals surface area (Å²) in [5.74, 6) is 0.439. The molecular formula is C21H36O3. The highest BCUT2D eigenvalue weighted by Crippen LogP contribution is 2.12. The molecule has 0 bridgehead atoms. The zero-order chi connectivity index (χ0) is 18.2. The van der Waals surface area contributed by atoms with Crippen LogP contribution in [0.2, 0.25) is 0 Å². The minimum absolute atomic E-state index is 0.274. The minimum atomic E-state index is -0.274. The van der Waals surface area contributed by atoms with Crippen molar-refractivity contribution in [3.63, 3.8) is 0 Å². The zero-order valence-electron chi connectivity index (χ0n) is 15.8. The van der Waals surface area contributed by atoms with E-state index in [0.29, 0.717) is 17.9 Å². The van der Waals surface area contributed by atoms with E-state index in [1.165, 1.54) is 44.9 Å². The molecule has 0 unspecified atom stereocenters. The van der Waals surface area contributed by atoms with E-state index in [2.05, 4.69) is 19.7 Å². The lowest BCUT2D eigenvalue weighted by atomic mass is 10.1. The Morgan fingerprint density at radius 3 is 1.38 bits per heavy atom. The number of hydrogen-bond donors (Lipinski definition) is 0. The molecule has 0 aromatic heterocycles. The van der Waals surface area contributed by atoms with Crippen LogP contribution in [0.5, 0.6) is 0 Å². The molecule has 0 rings (SSSR count). The van der Waals surface area contributed by atoms with Crippen molar-refractivity contribution in [1.82, 2.24) is 0 Å². The van der Waals surface area contributed by atoms with E-state index in [1.54, 1.807) is 6.92 Å². The van der Waals surface area contributed by atoms with Gasteiger partial charge in [-0.25, -0.2) is 4.79 Å². The Morgan fingerprint density at radius 2 is 1.00 bits per heavy atom. The van der Waals surface area contributed by atoms with Gasteiger partial charge in [0.2, 0.25) is 0 Å². The van der Waals surface area contributed by atoms with Gasteiger partial charge < -0.3 is 9.47 Å². The second-order valence-electron chi connectivity index (χ2n) is 6.50. The fourth-order valence-electron chi connectivity index (χ4n) is 2.22. The summed E-state index contributed by atoms with van der Waals surface area (Å²) in [5, 5.41) is 0. The third kappa shape index (κ3) is 14.1. The van der Waals surface area contributed by atoms with E-state index in [1.807, 2.05) is 6.92 Å². The maximum Gasteiger partial charge on any atom is 0.333 e. The van der Waals surface area contributed by atoms with Crippen molar-refractivity contribution in [3.05, 3.63) is 36.6 Å². The smallest absolute Gasteiger partial charge is 0.333 e. The Kier molecular flexibility index (Phi) is 14.1. The van der Waals surface area contributed by atoms with Crippen molar-refractivity contribution >= 4 is 5.97 Å². The number of hydrogen-bond acceptors (Lipinski definition) is 3. The van der Waals surface area contributed by atoms with Crippen molar-refractivity contribution in [2.45, 2.75) is 78.1 Å². The highest BCUT2D eigenvalue weighted by molar-refractivity contribution is 5.86. The van der Waals surface area contributed by atoms with Crippen LogP contribution >= 0.6 is 0 Å². The fourth-order valence-corrected chi connectivity index (χ4v) is 2.22. The number of unbranched alkanes of at least 4 members (excludes halogenated alkanes) is 9. The van der Waals surface area contributed by atoms with E-state index < -0.39 is 0 Å². The van der Waals surface area contributed by atoms with Gasteiger partial charge in [0.25, 0.3) is 0 Å². The van der Waals surface area contributed by atoms with Gasteiger partial charge in [-0.1, -0.05) is 71.1 Å². The van der Waals surface area contributed by atoms with Gasteiger partial charge in [0.1, 0.15) is 5.76 Å². The summed E-state index contributed by atoms with van der Waals surface area (Å²) in [5.41, 5.74) is 1.38.